The summed E-state index contributed by atoms with van der Waals surface area (Å²) in [6.45, 7) is 2.93. The van der Waals surface area contributed by atoms with E-state index in [4.69, 9.17) is 0 Å². The molecular weight excluding hydrogens is 136 g/mol. The van der Waals surface area contributed by atoms with Crippen molar-refractivity contribution in [1.82, 2.24) is 10.0 Å². The van der Waals surface area contributed by atoms with Crippen LogP contribution >= 0.6 is 11.9 Å². The fraction of sp³-hybridized carbons (Fsp3) is 0.800. The molecule has 0 bridgehead atoms. The number of nitrogens with one attached hydrogen (secondary N) is 2. The van der Waals surface area contributed by atoms with Gasteiger partial charge in [0, 0.05) is 25.5 Å². The maximum absolute atomic E-state index is 10.5. The van der Waals surface area contributed by atoms with Crippen LogP contribution in [0.25, 0.3) is 0 Å². The van der Waals surface area contributed by atoms with Crippen molar-refractivity contribution in [2.45, 2.75) is 13.3 Å². The molecule has 0 aliphatic rings. The minimum atomic E-state index is -0.0385. The van der Waals surface area contributed by atoms with Crippen LogP contribution in [-0.4, -0.2) is 18.8 Å². The average molecular weight is 148 g/mol. The number of rotatable bonds is 3. The van der Waals surface area contributed by atoms with Crippen molar-refractivity contribution >= 4 is 17.2 Å². The van der Waals surface area contributed by atoms with Gasteiger partial charge in [0.25, 0.3) is 5.24 Å². The molecule has 54 valence electrons. The van der Waals surface area contributed by atoms with E-state index >= 15 is 0 Å². The average Bonchev–Trinajstić information content (AvgIpc) is 1.89. The van der Waals surface area contributed by atoms with Gasteiger partial charge >= 0.3 is 0 Å². The first-order valence-corrected chi connectivity index (χ1v) is 3.74. The molecule has 0 fully saturated rings. The predicted octanol–water partition coefficient (Wildman–Crippen LogP) is 0.974. The summed E-state index contributed by atoms with van der Waals surface area (Å²) >= 11 is 1.10. The molecule has 0 spiro atoms. The van der Waals surface area contributed by atoms with Crippen LogP contribution in [-0.2, 0) is 0 Å². The Kier molecular flexibility index (Phi) is 5.76. The Bertz CT molecular complexity index is 87.0. The van der Waals surface area contributed by atoms with E-state index in [0.29, 0.717) is 0 Å². The highest BCUT2D eigenvalue weighted by Crippen LogP contribution is 1.92. The van der Waals surface area contributed by atoms with Crippen LogP contribution in [0.3, 0.4) is 0 Å². The van der Waals surface area contributed by atoms with Gasteiger partial charge in [-0.1, -0.05) is 6.92 Å². The van der Waals surface area contributed by atoms with E-state index in [1.807, 2.05) is 0 Å². The van der Waals surface area contributed by atoms with E-state index in [9.17, 15) is 4.79 Å². The molecule has 2 N–H and O–H groups in total. The summed E-state index contributed by atoms with van der Waals surface area (Å²) in [5.41, 5.74) is 0. The number of hydrogen-bond donors (Lipinski definition) is 2. The van der Waals surface area contributed by atoms with E-state index in [2.05, 4.69) is 17.0 Å². The Hall–Kier alpha value is -0.220. The smallest absolute Gasteiger partial charge is 0.293 e. The fourth-order valence-electron chi connectivity index (χ4n) is 0.270. The minimum absolute atomic E-state index is 0.0385. The third-order valence-electron chi connectivity index (χ3n) is 0.721. The topological polar surface area (TPSA) is 41.1 Å². The van der Waals surface area contributed by atoms with Crippen molar-refractivity contribution in [3.63, 3.8) is 0 Å². The maximum atomic E-state index is 10.5. The molecule has 0 unspecified atom stereocenters. The van der Waals surface area contributed by atoms with Crippen molar-refractivity contribution in [1.29, 1.82) is 0 Å². The monoisotopic (exact) mass is 148 g/mol. The van der Waals surface area contributed by atoms with Gasteiger partial charge in [0.15, 0.2) is 0 Å². The Morgan fingerprint density at radius 3 is 2.78 bits per heavy atom. The summed E-state index contributed by atoms with van der Waals surface area (Å²) in [4.78, 5) is 10.5. The molecule has 0 atom stereocenters. The van der Waals surface area contributed by atoms with Crippen molar-refractivity contribution in [2.24, 2.45) is 0 Å². The molecule has 1 amide bonds. The third-order valence-corrected chi connectivity index (χ3v) is 1.46. The van der Waals surface area contributed by atoms with Crippen molar-refractivity contribution in [3.05, 3.63) is 0 Å². The Balaban J connectivity index is 2.97. The summed E-state index contributed by atoms with van der Waals surface area (Å²) in [7, 11) is 1.61. The number of amides is 1. The summed E-state index contributed by atoms with van der Waals surface area (Å²) in [5, 5.41) is 2.45. The van der Waals surface area contributed by atoms with Crippen LogP contribution in [0, 0.1) is 0 Å². The zero-order valence-electron chi connectivity index (χ0n) is 5.73. The first kappa shape index (κ1) is 8.78. The highest BCUT2D eigenvalue weighted by Gasteiger charge is 1.93. The van der Waals surface area contributed by atoms with Crippen LogP contribution in [0.15, 0.2) is 0 Å². The number of carbonyl (C=O) groups is 1. The third kappa shape index (κ3) is 5.65. The minimum Gasteiger partial charge on any atom is -0.349 e. The number of hydrogen-bond acceptors (Lipinski definition) is 3. The van der Waals surface area contributed by atoms with Gasteiger partial charge in [-0.05, 0) is 6.42 Å². The van der Waals surface area contributed by atoms with Crippen LogP contribution in [0.5, 0.6) is 0 Å². The Morgan fingerprint density at radius 2 is 2.33 bits per heavy atom. The second kappa shape index (κ2) is 5.91. The maximum Gasteiger partial charge on any atom is 0.293 e. The first-order chi connectivity index (χ1) is 4.31. The lowest BCUT2D eigenvalue weighted by atomic mass is 10.5. The molecule has 0 saturated heterocycles. The Labute approximate surface area is 59.7 Å². The van der Waals surface area contributed by atoms with Gasteiger partial charge in [-0.15, -0.1) is 0 Å². The molecule has 0 aromatic heterocycles. The number of carbonyl (C=O) groups excluding carboxylic acids is 1. The molecule has 0 heterocycles. The normalized spacial score (nSPS) is 9.11. The van der Waals surface area contributed by atoms with Gasteiger partial charge < -0.3 is 5.32 Å². The van der Waals surface area contributed by atoms with Crippen LogP contribution in [0.2, 0.25) is 0 Å². The second-order valence-electron chi connectivity index (χ2n) is 1.53. The quantitative estimate of drug-likeness (QED) is 0.463. The van der Waals surface area contributed by atoms with Gasteiger partial charge in [-0.2, -0.15) is 0 Å². The van der Waals surface area contributed by atoms with E-state index in [1.165, 1.54) is 0 Å². The summed E-state index contributed by atoms with van der Waals surface area (Å²) < 4.78 is 2.89. The van der Waals surface area contributed by atoms with Crippen molar-refractivity contribution in [3.8, 4) is 0 Å². The van der Waals surface area contributed by atoms with Gasteiger partial charge in [-0.3, -0.25) is 9.52 Å². The lowest BCUT2D eigenvalue weighted by molar-refractivity contribution is 0.262. The largest absolute Gasteiger partial charge is 0.349 e. The zero-order chi connectivity index (χ0) is 7.11. The second-order valence-corrected chi connectivity index (χ2v) is 2.40. The van der Waals surface area contributed by atoms with Crippen molar-refractivity contribution in [2.75, 3.05) is 13.6 Å². The van der Waals surface area contributed by atoms with Gasteiger partial charge in [0.1, 0.15) is 0 Å². The zero-order valence-corrected chi connectivity index (χ0v) is 6.55. The lowest BCUT2D eigenvalue weighted by Crippen LogP contribution is -2.17. The van der Waals surface area contributed by atoms with Crippen LogP contribution in [0.4, 0.5) is 4.79 Å². The van der Waals surface area contributed by atoms with E-state index in [1.54, 1.807) is 7.05 Å². The molecule has 0 saturated carbocycles. The molecule has 0 aliphatic carbocycles. The molecule has 0 aromatic carbocycles. The standard InChI is InChI=1S/C5H12N2OS/c1-3-4-7-9-5(8)6-2/h7H,3-4H2,1-2H3,(H,6,8). The van der Waals surface area contributed by atoms with E-state index in [-0.39, 0.29) is 5.24 Å². The lowest BCUT2D eigenvalue weighted by Gasteiger charge is -1.97. The first-order valence-electron chi connectivity index (χ1n) is 2.92. The molecule has 0 aliphatic heterocycles. The van der Waals surface area contributed by atoms with Crippen LogP contribution < -0.4 is 10.0 Å². The molecule has 4 heteroatoms. The molecule has 0 radical (unpaired) electrons. The van der Waals surface area contributed by atoms with Gasteiger partial charge in [0.05, 0.1) is 0 Å². The van der Waals surface area contributed by atoms with E-state index < -0.39 is 0 Å². The summed E-state index contributed by atoms with van der Waals surface area (Å²) in [6.07, 6.45) is 1.05. The predicted molar refractivity (Wildman–Crippen MR) is 40.3 cm³/mol. The summed E-state index contributed by atoms with van der Waals surface area (Å²) in [5.74, 6) is 0. The molecule has 3 nitrogen and oxygen atoms in total. The van der Waals surface area contributed by atoms with Crippen molar-refractivity contribution < 1.29 is 4.79 Å². The highest BCUT2D eigenvalue weighted by atomic mass is 32.2. The van der Waals surface area contributed by atoms with Crippen LogP contribution in [0.1, 0.15) is 13.3 Å². The SMILES string of the molecule is CCCNSC(=O)NC. The highest BCUT2D eigenvalue weighted by molar-refractivity contribution is 8.11. The Morgan fingerprint density at radius 1 is 1.67 bits per heavy atom. The molecule has 9 heavy (non-hydrogen) atoms. The molecule has 0 aromatic rings. The fourth-order valence-corrected chi connectivity index (χ4v) is 0.809. The summed E-state index contributed by atoms with van der Waals surface area (Å²) in [6, 6.07) is 0. The van der Waals surface area contributed by atoms with Gasteiger partial charge in [-0.25, -0.2) is 0 Å². The van der Waals surface area contributed by atoms with Gasteiger partial charge in [0.2, 0.25) is 0 Å². The molecule has 0 rings (SSSR count). The molecular formula is C5H12N2OS. The van der Waals surface area contributed by atoms with E-state index in [0.717, 1.165) is 24.9 Å².